The van der Waals surface area contributed by atoms with E-state index in [-0.39, 0.29) is 6.17 Å². The highest BCUT2D eigenvalue weighted by Gasteiger charge is 2.25. The molecule has 11 aromatic rings. The van der Waals surface area contributed by atoms with Gasteiger partial charge in [0.2, 0.25) is 5.96 Å². The standard InChI is InChI=1S/C51H34N6/c1-3-15-33(16-4-1)49-52-50(34-17-5-2-6-18-34)54-51(53-49)57-47-29-27-35(55-43-23-11-7-19-37(43)38-20-8-12-24-44(38)55)31-41(47)42-32-36(28-30-48(42)57)56-45-25-13-9-21-39(45)40-22-10-14-26-46(40)56/h1-32,49H,(H,52,53,54). The predicted molar refractivity (Wildman–Crippen MR) is 236 cm³/mol. The first-order valence-corrected chi connectivity index (χ1v) is 19.4. The summed E-state index contributed by atoms with van der Waals surface area (Å²) in [7, 11) is 0. The molecule has 0 bridgehead atoms. The lowest BCUT2D eigenvalue weighted by Crippen LogP contribution is -2.37. The smallest absolute Gasteiger partial charge is 0.211 e. The maximum atomic E-state index is 5.29. The number of fused-ring (bicyclic) bond motifs is 9. The third kappa shape index (κ3) is 4.84. The van der Waals surface area contributed by atoms with Gasteiger partial charge in [-0.2, -0.15) is 4.99 Å². The number of hydrogen-bond acceptors (Lipinski definition) is 3. The number of rotatable bonds is 4. The number of benzene rings is 8. The van der Waals surface area contributed by atoms with E-state index >= 15 is 0 Å². The van der Waals surface area contributed by atoms with Crippen LogP contribution < -0.4 is 5.32 Å². The van der Waals surface area contributed by atoms with Crippen molar-refractivity contribution in [2.24, 2.45) is 9.98 Å². The molecule has 0 fully saturated rings. The molecule has 6 heteroatoms. The summed E-state index contributed by atoms with van der Waals surface area (Å²) in [5.74, 6) is 1.42. The van der Waals surface area contributed by atoms with E-state index in [1.807, 2.05) is 24.3 Å². The number of aliphatic imine (C=N–C) groups is 2. The van der Waals surface area contributed by atoms with Crippen molar-refractivity contribution < 1.29 is 0 Å². The Morgan fingerprint density at radius 1 is 0.368 bits per heavy atom. The number of amidine groups is 1. The van der Waals surface area contributed by atoms with Crippen LogP contribution in [0.25, 0.3) is 76.8 Å². The minimum Gasteiger partial charge on any atom is -0.330 e. The second-order valence-corrected chi connectivity index (χ2v) is 14.7. The molecule has 0 aliphatic carbocycles. The van der Waals surface area contributed by atoms with Gasteiger partial charge in [0, 0.05) is 49.3 Å². The van der Waals surface area contributed by atoms with Crippen molar-refractivity contribution >= 4 is 77.2 Å². The van der Waals surface area contributed by atoms with Gasteiger partial charge >= 0.3 is 0 Å². The molecule has 0 spiro atoms. The van der Waals surface area contributed by atoms with Crippen LogP contribution in [-0.4, -0.2) is 25.5 Å². The number of nitrogens with zero attached hydrogens (tertiary/aromatic N) is 5. The average Bonchev–Trinajstić information content (AvgIpc) is 3.92. The van der Waals surface area contributed by atoms with E-state index in [2.05, 4.69) is 189 Å². The summed E-state index contributed by atoms with van der Waals surface area (Å²) >= 11 is 0. The van der Waals surface area contributed by atoms with Gasteiger partial charge in [-0.25, -0.2) is 4.99 Å². The molecule has 0 amide bonds. The van der Waals surface area contributed by atoms with Crippen LogP contribution in [0.4, 0.5) is 0 Å². The molecule has 3 aromatic heterocycles. The zero-order valence-electron chi connectivity index (χ0n) is 30.8. The summed E-state index contributed by atoms with van der Waals surface area (Å²) < 4.78 is 7.07. The molecule has 0 saturated heterocycles. The van der Waals surface area contributed by atoms with Gasteiger partial charge < -0.3 is 14.5 Å². The van der Waals surface area contributed by atoms with Crippen LogP contribution in [-0.2, 0) is 0 Å². The molecule has 1 aliphatic heterocycles. The Morgan fingerprint density at radius 3 is 1.25 bits per heavy atom. The van der Waals surface area contributed by atoms with Crippen molar-refractivity contribution in [3.63, 3.8) is 0 Å². The van der Waals surface area contributed by atoms with E-state index in [1.54, 1.807) is 0 Å². The molecule has 0 radical (unpaired) electrons. The highest BCUT2D eigenvalue weighted by molar-refractivity contribution is 6.18. The van der Waals surface area contributed by atoms with Gasteiger partial charge in [0.1, 0.15) is 6.17 Å². The van der Waals surface area contributed by atoms with Crippen LogP contribution in [0.5, 0.6) is 0 Å². The number of para-hydroxylation sites is 4. The molecule has 6 nitrogen and oxygen atoms in total. The molecule has 57 heavy (non-hydrogen) atoms. The van der Waals surface area contributed by atoms with Crippen molar-refractivity contribution in [3.05, 3.63) is 205 Å². The van der Waals surface area contributed by atoms with Gasteiger partial charge in [0.25, 0.3) is 0 Å². The molecular formula is C51H34N6. The summed E-state index contributed by atoms with van der Waals surface area (Å²) in [5, 5.41) is 11.0. The second-order valence-electron chi connectivity index (χ2n) is 14.7. The molecule has 12 rings (SSSR count). The number of nitrogens with one attached hydrogen (secondary N) is 1. The van der Waals surface area contributed by atoms with Crippen LogP contribution >= 0.6 is 0 Å². The quantitative estimate of drug-likeness (QED) is 0.193. The third-order valence-electron chi connectivity index (χ3n) is 11.5. The monoisotopic (exact) mass is 730 g/mol. The van der Waals surface area contributed by atoms with Crippen LogP contribution in [0.15, 0.2) is 204 Å². The zero-order valence-corrected chi connectivity index (χ0v) is 30.8. The van der Waals surface area contributed by atoms with Gasteiger partial charge in [-0.1, -0.05) is 133 Å². The fraction of sp³-hybridized carbons (Fsp3) is 0.0196. The van der Waals surface area contributed by atoms with E-state index in [9.17, 15) is 0 Å². The molecule has 0 saturated carbocycles. The normalized spacial score (nSPS) is 14.5. The number of hydrogen-bond donors (Lipinski definition) is 1. The van der Waals surface area contributed by atoms with Crippen molar-refractivity contribution in [2.45, 2.75) is 6.17 Å². The minimum absolute atomic E-state index is 0.324. The van der Waals surface area contributed by atoms with E-state index in [0.29, 0.717) is 5.84 Å². The van der Waals surface area contributed by atoms with Crippen LogP contribution in [0.1, 0.15) is 17.3 Å². The van der Waals surface area contributed by atoms with Crippen LogP contribution in [0.2, 0.25) is 0 Å². The SMILES string of the molecule is c1ccc(C2=NC(c3ccccc3)NC(n3c4ccc(-n5c6ccccc6c6ccccc65)cc4c4cc(-n5c6ccccc6c6ccccc65)ccc43)=N2)cc1. The Bertz CT molecular complexity index is 3160. The van der Waals surface area contributed by atoms with Gasteiger partial charge in [-0.3, -0.25) is 4.57 Å². The Hall–Kier alpha value is -7.70. The fourth-order valence-corrected chi connectivity index (χ4v) is 8.98. The third-order valence-corrected chi connectivity index (χ3v) is 11.5. The summed E-state index contributed by atoms with van der Waals surface area (Å²) in [5.41, 5.74) is 11.1. The second kappa shape index (κ2) is 12.4. The molecule has 4 heterocycles. The van der Waals surface area contributed by atoms with Gasteiger partial charge in [-0.15, -0.1) is 0 Å². The van der Waals surface area contributed by atoms with Gasteiger partial charge in [0.15, 0.2) is 5.84 Å². The van der Waals surface area contributed by atoms with Crippen LogP contribution in [0, 0.1) is 0 Å². The van der Waals surface area contributed by atoms with Crippen molar-refractivity contribution in [1.82, 2.24) is 19.0 Å². The Balaban J connectivity index is 1.14. The number of aromatic nitrogens is 3. The van der Waals surface area contributed by atoms with E-state index in [4.69, 9.17) is 9.98 Å². The van der Waals surface area contributed by atoms with Gasteiger partial charge in [0.05, 0.1) is 33.1 Å². The zero-order chi connectivity index (χ0) is 37.5. The van der Waals surface area contributed by atoms with E-state index in [0.717, 1.165) is 50.3 Å². The molecule has 1 N–H and O–H groups in total. The maximum Gasteiger partial charge on any atom is 0.211 e. The first-order valence-electron chi connectivity index (χ1n) is 19.4. The van der Waals surface area contributed by atoms with Crippen LogP contribution in [0.3, 0.4) is 0 Å². The Morgan fingerprint density at radius 2 is 0.772 bits per heavy atom. The lowest BCUT2D eigenvalue weighted by atomic mass is 10.1. The molecule has 8 aromatic carbocycles. The molecule has 1 unspecified atom stereocenters. The van der Waals surface area contributed by atoms with Crippen molar-refractivity contribution in [1.29, 1.82) is 0 Å². The lowest BCUT2D eigenvalue weighted by Gasteiger charge is -2.24. The lowest BCUT2D eigenvalue weighted by molar-refractivity contribution is 0.661. The first kappa shape index (κ1) is 31.6. The molecular weight excluding hydrogens is 697 g/mol. The van der Waals surface area contributed by atoms with Crippen molar-refractivity contribution in [3.8, 4) is 11.4 Å². The van der Waals surface area contributed by atoms with Gasteiger partial charge in [-0.05, 0) is 66.2 Å². The summed E-state index contributed by atoms with van der Waals surface area (Å²) in [6.45, 7) is 0. The first-order chi connectivity index (χ1) is 28.3. The van der Waals surface area contributed by atoms with E-state index < -0.39 is 0 Å². The summed E-state index contributed by atoms with van der Waals surface area (Å²) in [6, 6.07) is 69.2. The molecule has 1 aliphatic rings. The van der Waals surface area contributed by atoms with E-state index in [1.165, 1.54) is 43.6 Å². The van der Waals surface area contributed by atoms with Crippen molar-refractivity contribution in [2.75, 3.05) is 0 Å². The molecule has 1 atom stereocenters. The maximum absolute atomic E-state index is 5.29. The summed E-state index contributed by atoms with van der Waals surface area (Å²) in [6.07, 6.45) is -0.324. The Kier molecular flexibility index (Phi) is 6.89. The Labute approximate surface area is 327 Å². The molecule has 268 valence electrons. The topological polar surface area (TPSA) is 51.5 Å². The fourth-order valence-electron chi connectivity index (χ4n) is 8.98. The summed E-state index contributed by atoms with van der Waals surface area (Å²) in [4.78, 5) is 10.4. The predicted octanol–water partition coefficient (Wildman–Crippen LogP) is 11.9. The average molecular weight is 731 g/mol. The minimum atomic E-state index is -0.324. The highest BCUT2D eigenvalue weighted by atomic mass is 15.3. The highest BCUT2D eigenvalue weighted by Crippen LogP contribution is 2.38. The largest absolute Gasteiger partial charge is 0.330 e.